The molecular weight excluding hydrogens is 507 g/mol. The first kappa shape index (κ1) is 28.2. The van der Waals surface area contributed by atoms with Crippen molar-refractivity contribution in [1.29, 1.82) is 0 Å². The first-order valence-electron chi connectivity index (χ1n) is 12.9. The third kappa shape index (κ3) is 6.42. The zero-order chi connectivity index (χ0) is 28.2. The van der Waals surface area contributed by atoms with Crippen molar-refractivity contribution >= 4 is 23.2 Å². The fraction of sp³-hybridized carbons (Fsp3) is 0.333. The summed E-state index contributed by atoms with van der Waals surface area (Å²) >= 11 is 0. The van der Waals surface area contributed by atoms with Gasteiger partial charge in [-0.3, -0.25) is 9.59 Å². The van der Waals surface area contributed by atoms with E-state index in [0.29, 0.717) is 24.0 Å². The van der Waals surface area contributed by atoms with Crippen molar-refractivity contribution in [3.63, 3.8) is 0 Å². The maximum absolute atomic E-state index is 13.6. The maximum atomic E-state index is 13.6. The molecule has 1 atom stereocenters. The lowest BCUT2D eigenvalue weighted by Gasteiger charge is -2.37. The summed E-state index contributed by atoms with van der Waals surface area (Å²) in [6.07, 6.45) is -0.730. The fourth-order valence-corrected chi connectivity index (χ4v) is 5.27. The average Bonchev–Trinajstić information content (AvgIpc) is 2.93. The highest BCUT2D eigenvalue weighted by atomic mass is 19.4. The summed E-state index contributed by atoms with van der Waals surface area (Å²) in [6.45, 7) is 0. The predicted octanol–water partition coefficient (Wildman–Crippen LogP) is 5.81. The molecule has 1 aliphatic carbocycles. The predicted molar refractivity (Wildman–Crippen MR) is 145 cm³/mol. The van der Waals surface area contributed by atoms with Crippen molar-refractivity contribution in [3.8, 4) is 11.1 Å². The standard InChI is InChI=1S/C30H32F3N3O3/c1-35-27(37)22-10-6-9-21(16-22)20-8-5-7-19(15-20)18-29(39,23-11-3-2-4-12-23)28(38)36-24-13-14-26(34)25(17-24)30(31,32)33/h5-10,13-17,23,39H,2-4,11-12,18,34H2,1H3,(H,35,37)(H,36,38). The zero-order valence-electron chi connectivity index (χ0n) is 21.6. The number of amides is 2. The van der Waals surface area contributed by atoms with E-state index in [-0.39, 0.29) is 23.9 Å². The van der Waals surface area contributed by atoms with E-state index in [1.807, 2.05) is 24.3 Å². The molecule has 1 unspecified atom stereocenters. The molecule has 5 N–H and O–H groups in total. The summed E-state index contributed by atoms with van der Waals surface area (Å²) in [7, 11) is 1.56. The van der Waals surface area contributed by atoms with Crippen LogP contribution in [0.4, 0.5) is 24.5 Å². The summed E-state index contributed by atoms with van der Waals surface area (Å²) in [5.74, 6) is -1.32. The van der Waals surface area contributed by atoms with Crippen LogP contribution in [0.2, 0.25) is 0 Å². The molecule has 0 bridgehead atoms. The number of carbonyl (C=O) groups is 2. The zero-order valence-corrected chi connectivity index (χ0v) is 21.6. The topological polar surface area (TPSA) is 104 Å². The van der Waals surface area contributed by atoms with Crippen LogP contribution < -0.4 is 16.4 Å². The number of nitrogen functional groups attached to an aromatic ring is 1. The monoisotopic (exact) mass is 539 g/mol. The van der Waals surface area contributed by atoms with Crippen LogP contribution in [0, 0.1) is 5.92 Å². The van der Waals surface area contributed by atoms with Crippen LogP contribution in [0.25, 0.3) is 11.1 Å². The van der Waals surface area contributed by atoms with Crippen LogP contribution in [0.5, 0.6) is 0 Å². The number of aliphatic hydroxyl groups is 1. The van der Waals surface area contributed by atoms with Gasteiger partial charge >= 0.3 is 6.18 Å². The number of nitrogens with two attached hydrogens (primary N) is 1. The van der Waals surface area contributed by atoms with Gasteiger partial charge in [-0.1, -0.05) is 55.7 Å². The third-order valence-electron chi connectivity index (χ3n) is 7.38. The first-order valence-corrected chi connectivity index (χ1v) is 12.9. The van der Waals surface area contributed by atoms with Crippen LogP contribution in [0.3, 0.4) is 0 Å². The second-order valence-corrected chi connectivity index (χ2v) is 10.1. The number of nitrogens with one attached hydrogen (secondary N) is 2. The molecule has 2 amide bonds. The molecule has 3 aromatic rings. The summed E-state index contributed by atoms with van der Waals surface area (Å²) < 4.78 is 40.1. The van der Waals surface area contributed by atoms with Crippen LogP contribution in [0.15, 0.2) is 66.7 Å². The van der Waals surface area contributed by atoms with Crippen LogP contribution in [0.1, 0.15) is 53.6 Å². The molecular formula is C30H32F3N3O3. The van der Waals surface area contributed by atoms with E-state index in [4.69, 9.17) is 5.73 Å². The van der Waals surface area contributed by atoms with E-state index in [2.05, 4.69) is 10.6 Å². The molecule has 1 saturated carbocycles. The number of anilines is 2. The second kappa shape index (κ2) is 11.5. The lowest BCUT2D eigenvalue weighted by molar-refractivity contribution is -0.142. The molecule has 0 aromatic heterocycles. The highest BCUT2D eigenvalue weighted by molar-refractivity contribution is 5.98. The van der Waals surface area contributed by atoms with Gasteiger partial charge in [0, 0.05) is 30.4 Å². The van der Waals surface area contributed by atoms with E-state index in [0.717, 1.165) is 42.5 Å². The number of hydrogen-bond donors (Lipinski definition) is 4. The molecule has 0 aliphatic heterocycles. The van der Waals surface area contributed by atoms with E-state index < -0.39 is 28.9 Å². The van der Waals surface area contributed by atoms with Gasteiger partial charge in [0.2, 0.25) is 0 Å². The summed E-state index contributed by atoms with van der Waals surface area (Å²) in [5.41, 5.74) is 4.87. The first-order chi connectivity index (χ1) is 18.5. The fourth-order valence-electron chi connectivity index (χ4n) is 5.27. The Hall–Kier alpha value is -3.85. The Balaban J connectivity index is 1.65. The van der Waals surface area contributed by atoms with E-state index in [1.54, 1.807) is 31.3 Å². The minimum Gasteiger partial charge on any atom is -0.398 e. The Morgan fingerprint density at radius 3 is 2.28 bits per heavy atom. The molecule has 0 radical (unpaired) electrons. The number of alkyl halides is 3. The molecule has 39 heavy (non-hydrogen) atoms. The molecule has 6 nitrogen and oxygen atoms in total. The Morgan fingerprint density at radius 1 is 0.949 bits per heavy atom. The van der Waals surface area contributed by atoms with E-state index >= 15 is 0 Å². The maximum Gasteiger partial charge on any atom is 0.418 e. The minimum absolute atomic E-state index is 0.0203. The molecule has 3 aromatic carbocycles. The van der Waals surface area contributed by atoms with Gasteiger partial charge in [0.25, 0.3) is 11.8 Å². The van der Waals surface area contributed by atoms with Crippen LogP contribution in [-0.2, 0) is 17.4 Å². The van der Waals surface area contributed by atoms with E-state index in [9.17, 15) is 27.9 Å². The summed E-state index contributed by atoms with van der Waals surface area (Å²) in [6, 6.07) is 17.6. The number of carbonyl (C=O) groups excluding carboxylic acids is 2. The van der Waals surface area contributed by atoms with Crippen molar-refractivity contribution in [3.05, 3.63) is 83.4 Å². The largest absolute Gasteiger partial charge is 0.418 e. The Labute approximate surface area is 225 Å². The quantitative estimate of drug-likeness (QED) is 0.285. The minimum atomic E-state index is -4.68. The Bertz CT molecular complexity index is 1350. The molecule has 1 aliphatic rings. The smallest absolute Gasteiger partial charge is 0.398 e. The summed E-state index contributed by atoms with van der Waals surface area (Å²) in [4.78, 5) is 25.7. The third-order valence-corrected chi connectivity index (χ3v) is 7.38. The molecule has 206 valence electrons. The van der Waals surface area contributed by atoms with Gasteiger partial charge in [0.15, 0.2) is 0 Å². The highest BCUT2D eigenvalue weighted by Crippen LogP contribution is 2.38. The second-order valence-electron chi connectivity index (χ2n) is 10.1. The number of benzene rings is 3. The lowest BCUT2D eigenvalue weighted by atomic mass is 9.73. The van der Waals surface area contributed by atoms with Gasteiger partial charge in [-0.15, -0.1) is 0 Å². The van der Waals surface area contributed by atoms with Crippen LogP contribution >= 0.6 is 0 Å². The molecule has 4 rings (SSSR count). The molecule has 9 heteroatoms. The Morgan fingerprint density at radius 2 is 1.62 bits per heavy atom. The van der Waals surface area contributed by atoms with Crippen molar-refractivity contribution in [1.82, 2.24) is 5.32 Å². The van der Waals surface area contributed by atoms with Gasteiger partial charge in [0.05, 0.1) is 5.56 Å². The molecule has 0 heterocycles. The van der Waals surface area contributed by atoms with Crippen molar-refractivity contribution < 1.29 is 27.9 Å². The average molecular weight is 540 g/mol. The van der Waals surface area contributed by atoms with E-state index in [1.165, 1.54) is 6.07 Å². The van der Waals surface area contributed by atoms with Gasteiger partial charge in [-0.2, -0.15) is 13.2 Å². The SMILES string of the molecule is CNC(=O)c1cccc(-c2cccc(CC(O)(C(=O)Nc3ccc(N)c(C(F)(F)F)c3)C3CCCCC3)c2)c1. The lowest BCUT2D eigenvalue weighted by Crippen LogP contribution is -2.51. The summed E-state index contributed by atoms with van der Waals surface area (Å²) in [5, 5.41) is 17.0. The van der Waals surface area contributed by atoms with Gasteiger partial charge in [-0.05, 0) is 65.8 Å². The van der Waals surface area contributed by atoms with Crippen LogP contribution in [-0.4, -0.2) is 29.6 Å². The number of halogens is 3. The van der Waals surface area contributed by atoms with Crippen molar-refractivity contribution in [2.45, 2.75) is 50.3 Å². The van der Waals surface area contributed by atoms with Gasteiger partial charge in [-0.25, -0.2) is 0 Å². The number of rotatable bonds is 7. The van der Waals surface area contributed by atoms with Gasteiger partial charge < -0.3 is 21.5 Å². The van der Waals surface area contributed by atoms with Crippen molar-refractivity contribution in [2.75, 3.05) is 18.1 Å². The molecule has 0 saturated heterocycles. The van der Waals surface area contributed by atoms with Gasteiger partial charge in [0.1, 0.15) is 5.60 Å². The Kier molecular flexibility index (Phi) is 8.30. The van der Waals surface area contributed by atoms with Crippen molar-refractivity contribution in [2.24, 2.45) is 5.92 Å². The number of hydrogen-bond acceptors (Lipinski definition) is 4. The molecule has 0 spiro atoms. The molecule has 1 fully saturated rings. The highest BCUT2D eigenvalue weighted by Gasteiger charge is 2.44. The normalized spacial score (nSPS) is 15.8.